The maximum Gasteiger partial charge on any atom is 0.220 e. The minimum absolute atomic E-state index is 0.146. The van der Waals surface area contributed by atoms with E-state index in [-0.39, 0.29) is 36.4 Å². The quantitative estimate of drug-likeness (QED) is 0.769. The molecule has 132 valence electrons. The van der Waals surface area contributed by atoms with Crippen molar-refractivity contribution in [3.05, 3.63) is 82.4 Å². The van der Waals surface area contributed by atoms with Crippen LogP contribution in [0.2, 0.25) is 0 Å². The molecule has 1 aliphatic rings. The van der Waals surface area contributed by atoms with Gasteiger partial charge in [-0.15, -0.1) is 0 Å². The number of piperidine rings is 1. The molecule has 0 unspecified atom stereocenters. The molecule has 3 rings (SSSR count). The number of carbonyl (C=O) groups is 2. The number of hydrogen-bond acceptors (Lipinski definition) is 2. The highest BCUT2D eigenvalue weighted by atomic mass is 19.1. The summed E-state index contributed by atoms with van der Waals surface area (Å²) < 4.78 is 26.1. The minimum Gasteiger partial charge on any atom is -0.334 e. The van der Waals surface area contributed by atoms with Gasteiger partial charge in [0.05, 0.1) is 0 Å². The summed E-state index contributed by atoms with van der Waals surface area (Å²) in [4.78, 5) is 26.2. The van der Waals surface area contributed by atoms with Crippen molar-refractivity contribution in [1.29, 1.82) is 0 Å². The molecule has 0 bridgehead atoms. The number of carbonyl (C=O) groups excluding carboxylic acids is 2. The van der Waals surface area contributed by atoms with Crippen molar-refractivity contribution in [2.75, 3.05) is 13.1 Å². The van der Waals surface area contributed by atoms with Crippen LogP contribution < -0.4 is 0 Å². The second-order valence-corrected chi connectivity index (χ2v) is 6.15. The molecule has 3 nitrogen and oxygen atoms in total. The Morgan fingerprint density at radius 2 is 1.23 bits per heavy atom. The van der Waals surface area contributed by atoms with Gasteiger partial charge in [0.1, 0.15) is 11.6 Å². The Morgan fingerprint density at radius 3 is 1.58 bits per heavy atom. The zero-order valence-electron chi connectivity index (χ0n) is 14.2. The molecule has 0 saturated carbocycles. The number of likely N-dealkylation sites (tertiary alicyclic amines) is 1. The Hall–Kier alpha value is -3.08. The Balaban J connectivity index is 1.97. The van der Waals surface area contributed by atoms with Crippen LogP contribution in [-0.2, 0) is 9.59 Å². The first-order valence-corrected chi connectivity index (χ1v) is 8.15. The molecular formula is C21H17F2NO2. The zero-order valence-corrected chi connectivity index (χ0v) is 14.2. The lowest BCUT2D eigenvalue weighted by Gasteiger charge is -2.29. The van der Waals surface area contributed by atoms with E-state index in [1.165, 1.54) is 31.2 Å². The summed E-state index contributed by atoms with van der Waals surface area (Å²) in [5, 5.41) is 0. The molecule has 1 saturated heterocycles. The molecule has 0 spiro atoms. The van der Waals surface area contributed by atoms with E-state index in [0.717, 1.165) is 0 Å². The number of rotatable bonds is 2. The Bertz CT molecular complexity index is 829. The van der Waals surface area contributed by atoms with Gasteiger partial charge in [-0.1, -0.05) is 24.3 Å². The number of hydrogen-bond donors (Lipinski definition) is 0. The first-order valence-electron chi connectivity index (χ1n) is 8.15. The van der Waals surface area contributed by atoms with Gasteiger partial charge < -0.3 is 4.90 Å². The van der Waals surface area contributed by atoms with Crippen molar-refractivity contribution in [3.8, 4) is 0 Å². The van der Waals surface area contributed by atoms with Gasteiger partial charge in [-0.3, -0.25) is 9.59 Å². The number of Topliss-reactive ketones (excluding diaryl/α,β-unsaturated/α-hetero) is 1. The van der Waals surface area contributed by atoms with Gasteiger partial charge in [0.25, 0.3) is 0 Å². The summed E-state index contributed by atoms with van der Waals surface area (Å²) in [6.45, 7) is 1.85. The van der Waals surface area contributed by atoms with Crippen LogP contribution in [0.25, 0.3) is 12.2 Å². The van der Waals surface area contributed by atoms with E-state index < -0.39 is 0 Å². The van der Waals surface area contributed by atoms with Crippen LogP contribution in [0, 0.1) is 11.6 Å². The summed E-state index contributed by atoms with van der Waals surface area (Å²) in [5.74, 6) is -1.03. The van der Waals surface area contributed by atoms with E-state index >= 15 is 0 Å². The first kappa shape index (κ1) is 17.7. The fraction of sp³-hybridized carbons (Fsp3) is 0.143. The van der Waals surface area contributed by atoms with Gasteiger partial charge in [0.2, 0.25) is 5.91 Å². The standard InChI is InChI=1S/C21H17F2NO2/c1-14(25)24-12-17(10-15-2-6-19(22)7-3-15)21(26)18(13-24)11-16-4-8-20(23)9-5-16/h2-11H,12-13H2,1H3/b17-10-,18-11+. The summed E-state index contributed by atoms with van der Waals surface area (Å²) in [5.41, 5.74) is 2.26. The lowest BCUT2D eigenvalue weighted by atomic mass is 9.94. The van der Waals surface area contributed by atoms with Gasteiger partial charge in [-0.25, -0.2) is 8.78 Å². The number of halogens is 2. The van der Waals surface area contributed by atoms with E-state index in [1.807, 2.05) is 0 Å². The third-order valence-electron chi connectivity index (χ3n) is 4.17. The molecule has 0 N–H and O–H groups in total. The van der Waals surface area contributed by atoms with E-state index in [0.29, 0.717) is 22.3 Å². The van der Waals surface area contributed by atoms with Crippen molar-refractivity contribution in [2.45, 2.75) is 6.92 Å². The average Bonchev–Trinajstić information content (AvgIpc) is 2.62. The molecule has 1 amide bonds. The average molecular weight is 353 g/mol. The molecule has 0 atom stereocenters. The van der Waals surface area contributed by atoms with Crippen molar-refractivity contribution in [2.24, 2.45) is 0 Å². The van der Waals surface area contributed by atoms with E-state index in [2.05, 4.69) is 0 Å². The second-order valence-electron chi connectivity index (χ2n) is 6.15. The fourth-order valence-electron chi connectivity index (χ4n) is 2.78. The number of nitrogens with zero attached hydrogens (tertiary/aromatic N) is 1. The number of amides is 1. The highest BCUT2D eigenvalue weighted by Crippen LogP contribution is 2.22. The normalized spacial score (nSPS) is 17.8. The Kier molecular flexibility index (Phi) is 5.07. The van der Waals surface area contributed by atoms with E-state index in [4.69, 9.17) is 0 Å². The number of benzene rings is 2. The second kappa shape index (κ2) is 7.44. The van der Waals surface area contributed by atoms with Crippen LogP contribution in [0.5, 0.6) is 0 Å². The Labute approximate surface area is 150 Å². The van der Waals surface area contributed by atoms with Crippen molar-refractivity contribution < 1.29 is 18.4 Å². The molecule has 2 aromatic carbocycles. The Morgan fingerprint density at radius 1 is 0.846 bits per heavy atom. The van der Waals surface area contributed by atoms with Crippen LogP contribution in [0.3, 0.4) is 0 Å². The third kappa shape index (κ3) is 4.11. The number of ketones is 1. The summed E-state index contributed by atoms with van der Waals surface area (Å²) in [7, 11) is 0. The van der Waals surface area contributed by atoms with Gasteiger partial charge in [-0.2, -0.15) is 0 Å². The van der Waals surface area contributed by atoms with E-state index in [1.54, 1.807) is 41.3 Å². The fourth-order valence-corrected chi connectivity index (χ4v) is 2.78. The van der Waals surface area contributed by atoms with Crippen LogP contribution in [0.4, 0.5) is 8.78 Å². The highest BCUT2D eigenvalue weighted by molar-refractivity contribution is 6.15. The molecular weight excluding hydrogens is 336 g/mol. The molecule has 26 heavy (non-hydrogen) atoms. The topological polar surface area (TPSA) is 37.4 Å². The van der Waals surface area contributed by atoms with Crippen LogP contribution in [-0.4, -0.2) is 29.7 Å². The molecule has 1 heterocycles. The summed E-state index contributed by atoms with van der Waals surface area (Å²) >= 11 is 0. The molecule has 0 aliphatic carbocycles. The van der Waals surface area contributed by atoms with Gasteiger partial charge in [0.15, 0.2) is 5.78 Å². The van der Waals surface area contributed by atoms with Crippen molar-refractivity contribution in [1.82, 2.24) is 4.90 Å². The van der Waals surface area contributed by atoms with Crippen molar-refractivity contribution >= 4 is 23.8 Å². The predicted octanol–water partition coefficient (Wildman–Crippen LogP) is 3.86. The molecule has 1 fully saturated rings. The SMILES string of the molecule is CC(=O)N1C/C(=C/c2ccc(F)cc2)C(=O)/C(=C/c2ccc(F)cc2)C1. The highest BCUT2D eigenvalue weighted by Gasteiger charge is 2.27. The molecule has 0 aromatic heterocycles. The van der Waals surface area contributed by atoms with Crippen LogP contribution >= 0.6 is 0 Å². The lowest BCUT2D eigenvalue weighted by molar-refractivity contribution is -0.129. The summed E-state index contributed by atoms with van der Waals surface area (Å²) in [6, 6.07) is 11.6. The minimum atomic E-state index is -0.357. The molecule has 5 heteroatoms. The smallest absolute Gasteiger partial charge is 0.220 e. The molecule has 1 aliphatic heterocycles. The largest absolute Gasteiger partial charge is 0.334 e. The monoisotopic (exact) mass is 353 g/mol. The first-order chi connectivity index (χ1) is 12.4. The maximum atomic E-state index is 13.1. The van der Waals surface area contributed by atoms with Crippen LogP contribution in [0.1, 0.15) is 18.1 Å². The van der Waals surface area contributed by atoms with Gasteiger partial charge >= 0.3 is 0 Å². The van der Waals surface area contributed by atoms with Gasteiger partial charge in [0, 0.05) is 31.2 Å². The predicted molar refractivity (Wildman–Crippen MR) is 96.0 cm³/mol. The zero-order chi connectivity index (χ0) is 18.7. The molecule has 0 radical (unpaired) electrons. The third-order valence-corrected chi connectivity index (χ3v) is 4.17. The van der Waals surface area contributed by atoms with Crippen molar-refractivity contribution in [3.63, 3.8) is 0 Å². The summed E-state index contributed by atoms with van der Waals surface area (Å²) in [6.07, 6.45) is 3.32. The maximum absolute atomic E-state index is 13.1. The lowest BCUT2D eigenvalue weighted by Crippen LogP contribution is -2.40. The van der Waals surface area contributed by atoms with Crippen LogP contribution in [0.15, 0.2) is 59.7 Å². The molecule has 2 aromatic rings. The van der Waals surface area contributed by atoms with Gasteiger partial charge in [-0.05, 0) is 47.5 Å². The van der Waals surface area contributed by atoms with E-state index in [9.17, 15) is 18.4 Å².